The second-order valence-electron chi connectivity index (χ2n) is 8.27. The minimum absolute atomic E-state index is 0.0255. The number of nitrogens with zero attached hydrogens (tertiary/aromatic N) is 1. The molecule has 2 aromatic carbocycles. The Bertz CT molecular complexity index is 890. The van der Waals surface area contributed by atoms with Crippen molar-refractivity contribution in [1.29, 1.82) is 0 Å². The highest BCUT2D eigenvalue weighted by Gasteiger charge is 2.34. The van der Waals surface area contributed by atoms with Crippen molar-refractivity contribution in [1.82, 2.24) is 0 Å². The standard InChI is InChI=1S/C22H25FN2O2S/c1-14-5-10-17(11-18(14)23)25-20(27)13-28-21(25)15-6-8-16(9-7-15)24-19(26)12-22(2,3)4/h5-11,21H,12-13H2,1-4H3,(H,24,26)/t21-/m0/s1. The van der Waals surface area contributed by atoms with Gasteiger partial charge in [0.25, 0.3) is 0 Å². The maximum atomic E-state index is 14.0. The van der Waals surface area contributed by atoms with E-state index >= 15 is 0 Å². The minimum atomic E-state index is -0.321. The van der Waals surface area contributed by atoms with Gasteiger partial charge in [0.15, 0.2) is 0 Å². The number of halogens is 1. The largest absolute Gasteiger partial charge is 0.326 e. The Balaban J connectivity index is 1.77. The summed E-state index contributed by atoms with van der Waals surface area (Å²) < 4.78 is 14.0. The number of nitrogens with one attached hydrogen (secondary N) is 1. The van der Waals surface area contributed by atoms with Crippen molar-refractivity contribution in [3.8, 4) is 0 Å². The van der Waals surface area contributed by atoms with Crippen molar-refractivity contribution in [2.75, 3.05) is 16.0 Å². The highest BCUT2D eigenvalue weighted by molar-refractivity contribution is 8.00. The molecule has 1 fully saturated rings. The first-order valence-corrected chi connectivity index (χ1v) is 10.3. The average Bonchev–Trinajstić information content (AvgIpc) is 2.98. The van der Waals surface area contributed by atoms with Gasteiger partial charge in [-0.05, 0) is 47.7 Å². The Morgan fingerprint density at radius 1 is 1.21 bits per heavy atom. The van der Waals surface area contributed by atoms with Gasteiger partial charge in [-0.15, -0.1) is 11.8 Å². The molecule has 0 aliphatic carbocycles. The predicted octanol–water partition coefficient (Wildman–Crippen LogP) is 5.29. The van der Waals surface area contributed by atoms with Crippen molar-refractivity contribution in [3.63, 3.8) is 0 Å². The van der Waals surface area contributed by atoms with Crippen LogP contribution in [-0.4, -0.2) is 17.6 Å². The van der Waals surface area contributed by atoms with Crippen LogP contribution in [0.5, 0.6) is 0 Å². The normalized spacial score (nSPS) is 17.1. The number of hydrogen-bond acceptors (Lipinski definition) is 3. The van der Waals surface area contributed by atoms with Gasteiger partial charge >= 0.3 is 0 Å². The lowest BCUT2D eigenvalue weighted by molar-refractivity contribution is -0.118. The fraction of sp³-hybridized carbons (Fsp3) is 0.364. The minimum Gasteiger partial charge on any atom is -0.326 e. The Labute approximate surface area is 169 Å². The Morgan fingerprint density at radius 2 is 1.89 bits per heavy atom. The number of carbonyl (C=O) groups is 2. The smallest absolute Gasteiger partial charge is 0.238 e. The third-order valence-corrected chi connectivity index (χ3v) is 5.68. The number of aryl methyl sites for hydroxylation is 1. The molecule has 0 unspecified atom stereocenters. The molecular formula is C22H25FN2O2S. The van der Waals surface area contributed by atoms with Crippen LogP contribution in [0.25, 0.3) is 0 Å². The van der Waals surface area contributed by atoms with Crippen LogP contribution in [0.2, 0.25) is 0 Å². The fourth-order valence-corrected chi connectivity index (χ4v) is 4.28. The third-order valence-electron chi connectivity index (χ3n) is 4.47. The molecule has 2 amide bonds. The van der Waals surface area contributed by atoms with Crippen LogP contribution in [-0.2, 0) is 9.59 Å². The summed E-state index contributed by atoms with van der Waals surface area (Å²) in [5.74, 6) is -0.0365. The topological polar surface area (TPSA) is 49.4 Å². The highest BCUT2D eigenvalue weighted by Crippen LogP contribution is 2.42. The van der Waals surface area contributed by atoms with Crippen LogP contribution < -0.4 is 10.2 Å². The number of benzene rings is 2. The van der Waals surface area contributed by atoms with Crippen molar-refractivity contribution >= 4 is 35.0 Å². The molecule has 6 heteroatoms. The van der Waals surface area contributed by atoms with Gasteiger partial charge < -0.3 is 5.32 Å². The monoisotopic (exact) mass is 400 g/mol. The molecule has 3 rings (SSSR count). The molecule has 1 heterocycles. The number of thioether (sulfide) groups is 1. The summed E-state index contributed by atoms with van der Waals surface area (Å²) in [4.78, 5) is 26.2. The molecule has 1 atom stereocenters. The summed E-state index contributed by atoms with van der Waals surface area (Å²) in [7, 11) is 0. The molecule has 1 N–H and O–H groups in total. The molecule has 0 spiro atoms. The molecule has 0 bridgehead atoms. The maximum absolute atomic E-state index is 14.0. The van der Waals surface area contributed by atoms with E-state index in [-0.39, 0.29) is 28.4 Å². The molecule has 0 aromatic heterocycles. The van der Waals surface area contributed by atoms with Crippen molar-refractivity contribution in [2.24, 2.45) is 5.41 Å². The second kappa shape index (κ2) is 7.95. The molecule has 28 heavy (non-hydrogen) atoms. The van der Waals surface area contributed by atoms with Gasteiger partial charge in [0.1, 0.15) is 11.2 Å². The Morgan fingerprint density at radius 3 is 2.50 bits per heavy atom. The quantitative estimate of drug-likeness (QED) is 0.759. The van der Waals surface area contributed by atoms with Crippen LogP contribution in [0, 0.1) is 18.2 Å². The van der Waals surface area contributed by atoms with Crippen molar-refractivity contribution < 1.29 is 14.0 Å². The zero-order valence-corrected chi connectivity index (χ0v) is 17.4. The van der Waals surface area contributed by atoms with Crippen LogP contribution in [0.4, 0.5) is 15.8 Å². The lowest BCUT2D eigenvalue weighted by Crippen LogP contribution is -2.28. The van der Waals surface area contributed by atoms with Crippen LogP contribution in [0.15, 0.2) is 42.5 Å². The molecule has 0 radical (unpaired) electrons. The molecule has 148 valence electrons. The summed E-state index contributed by atoms with van der Waals surface area (Å²) in [6.07, 6.45) is 0.439. The number of carbonyl (C=O) groups excluding carboxylic acids is 2. The van der Waals surface area contributed by atoms with E-state index in [2.05, 4.69) is 5.32 Å². The van der Waals surface area contributed by atoms with Crippen LogP contribution in [0.1, 0.15) is 43.7 Å². The molecule has 4 nitrogen and oxygen atoms in total. The summed E-state index contributed by atoms with van der Waals surface area (Å²) in [6, 6.07) is 12.4. The predicted molar refractivity (Wildman–Crippen MR) is 113 cm³/mol. The summed E-state index contributed by atoms with van der Waals surface area (Å²) in [6.45, 7) is 7.76. The SMILES string of the molecule is Cc1ccc(N2C(=O)CS[C@H]2c2ccc(NC(=O)CC(C)(C)C)cc2)cc1F. The molecule has 2 aromatic rings. The van der Waals surface area contributed by atoms with Gasteiger partial charge in [-0.1, -0.05) is 39.0 Å². The van der Waals surface area contributed by atoms with E-state index in [0.29, 0.717) is 23.4 Å². The Kier molecular flexibility index (Phi) is 5.79. The van der Waals surface area contributed by atoms with E-state index in [0.717, 1.165) is 11.3 Å². The summed E-state index contributed by atoms with van der Waals surface area (Å²) in [5, 5.41) is 2.69. The molecule has 1 aliphatic rings. The lowest BCUT2D eigenvalue weighted by Gasteiger charge is -2.25. The van der Waals surface area contributed by atoms with Crippen molar-refractivity contribution in [2.45, 2.75) is 39.5 Å². The van der Waals surface area contributed by atoms with E-state index in [9.17, 15) is 14.0 Å². The van der Waals surface area contributed by atoms with E-state index in [4.69, 9.17) is 0 Å². The van der Waals surface area contributed by atoms with E-state index in [1.54, 1.807) is 24.0 Å². The zero-order chi connectivity index (χ0) is 20.5. The van der Waals surface area contributed by atoms with Crippen molar-refractivity contribution in [3.05, 3.63) is 59.4 Å². The van der Waals surface area contributed by atoms with Gasteiger partial charge in [0.2, 0.25) is 11.8 Å². The van der Waals surface area contributed by atoms with Gasteiger partial charge in [-0.3, -0.25) is 14.5 Å². The highest BCUT2D eigenvalue weighted by atomic mass is 32.2. The number of amides is 2. The first kappa shape index (κ1) is 20.4. The second-order valence-corrected chi connectivity index (χ2v) is 9.34. The maximum Gasteiger partial charge on any atom is 0.238 e. The van der Waals surface area contributed by atoms with E-state index in [1.165, 1.54) is 17.8 Å². The molecular weight excluding hydrogens is 375 g/mol. The van der Waals surface area contributed by atoms with Crippen LogP contribution in [0.3, 0.4) is 0 Å². The van der Waals surface area contributed by atoms with Gasteiger partial charge in [0, 0.05) is 17.8 Å². The summed E-state index contributed by atoms with van der Waals surface area (Å²) >= 11 is 1.51. The molecule has 1 aliphatic heterocycles. The van der Waals surface area contributed by atoms with Crippen LogP contribution >= 0.6 is 11.8 Å². The zero-order valence-electron chi connectivity index (χ0n) is 16.6. The van der Waals surface area contributed by atoms with Gasteiger partial charge in [-0.25, -0.2) is 4.39 Å². The van der Waals surface area contributed by atoms with Gasteiger partial charge in [0.05, 0.1) is 5.75 Å². The van der Waals surface area contributed by atoms with E-state index < -0.39 is 0 Å². The number of anilines is 2. The number of rotatable bonds is 4. The number of hydrogen-bond donors (Lipinski definition) is 1. The Hall–Kier alpha value is -2.34. The molecule has 1 saturated heterocycles. The third kappa shape index (κ3) is 4.73. The first-order chi connectivity index (χ1) is 13.1. The molecule has 0 saturated carbocycles. The van der Waals surface area contributed by atoms with E-state index in [1.807, 2.05) is 45.0 Å². The summed E-state index contributed by atoms with van der Waals surface area (Å²) in [5.41, 5.74) is 2.70. The average molecular weight is 401 g/mol. The van der Waals surface area contributed by atoms with Gasteiger partial charge in [-0.2, -0.15) is 0 Å². The lowest BCUT2D eigenvalue weighted by atomic mass is 9.92. The first-order valence-electron chi connectivity index (χ1n) is 9.24. The fourth-order valence-electron chi connectivity index (χ4n) is 3.10.